The largest absolute Gasteiger partial charge is 0.451 e. The van der Waals surface area contributed by atoms with Crippen LogP contribution in [-0.4, -0.2) is 26.6 Å². The van der Waals surface area contributed by atoms with Gasteiger partial charge in [-0.15, -0.1) is 0 Å². The number of rotatable bonds is 4. The van der Waals surface area contributed by atoms with Gasteiger partial charge in [0.25, 0.3) is 0 Å². The summed E-state index contributed by atoms with van der Waals surface area (Å²) in [5.74, 6) is 2.53. The van der Waals surface area contributed by atoms with Crippen LogP contribution in [0.5, 0.6) is 0 Å². The summed E-state index contributed by atoms with van der Waals surface area (Å²) in [4.78, 5) is 4.52. The van der Waals surface area contributed by atoms with Crippen LogP contribution >= 0.6 is 0 Å². The van der Waals surface area contributed by atoms with E-state index in [1.54, 1.807) is 0 Å². The smallest absolute Gasteiger partial charge is 0.192 e. The van der Waals surface area contributed by atoms with Crippen molar-refractivity contribution in [2.24, 2.45) is 10.2 Å². The van der Waals surface area contributed by atoms with Gasteiger partial charge in [0.05, 0.1) is 5.71 Å². The topological polar surface area (TPSA) is 79.4 Å². The molecule has 6 heteroatoms. The Hall–Kier alpha value is -3.80. The molecule has 1 aliphatic rings. The third-order valence-electron chi connectivity index (χ3n) is 4.37. The summed E-state index contributed by atoms with van der Waals surface area (Å²) in [7, 11) is 0. The van der Waals surface area contributed by atoms with E-state index in [2.05, 4.69) is 25.4 Å². The van der Waals surface area contributed by atoms with E-state index in [-0.39, 0.29) is 0 Å². The molecule has 27 heavy (non-hydrogen) atoms. The second-order valence-corrected chi connectivity index (χ2v) is 6.17. The van der Waals surface area contributed by atoms with E-state index in [0.29, 0.717) is 29.6 Å². The lowest BCUT2D eigenvalue weighted by Crippen LogP contribution is -2.04. The molecule has 0 bridgehead atoms. The molecule has 0 unspecified atom stereocenters. The maximum Gasteiger partial charge on any atom is 0.192 e. The van der Waals surface area contributed by atoms with Crippen LogP contribution in [-0.2, 0) is 0 Å². The normalized spacial score (nSPS) is 13.5. The Morgan fingerprint density at radius 2 is 1.37 bits per heavy atom. The Morgan fingerprint density at radius 1 is 0.704 bits per heavy atom. The van der Waals surface area contributed by atoms with Gasteiger partial charge in [-0.3, -0.25) is 5.10 Å². The van der Waals surface area contributed by atoms with E-state index < -0.39 is 0 Å². The van der Waals surface area contributed by atoms with E-state index in [4.69, 9.17) is 4.42 Å². The quantitative estimate of drug-likeness (QED) is 0.593. The Morgan fingerprint density at radius 3 is 2.15 bits per heavy atom. The predicted octanol–water partition coefficient (Wildman–Crippen LogP) is 4.33. The molecule has 0 atom stereocenters. The summed E-state index contributed by atoms with van der Waals surface area (Å²) in [6, 6.07) is 23.6. The molecule has 5 rings (SSSR count). The van der Waals surface area contributed by atoms with Crippen molar-refractivity contribution in [3.63, 3.8) is 0 Å². The molecule has 4 aromatic rings. The molecule has 0 amide bonds. The third-order valence-corrected chi connectivity index (χ3v) is 4.37. The van der Waals surface area contributed by atoms with Crippen molar-refractivity contribution in [3.05, 3.63) is 84.1 Å². The van der Waals surface area contributed by atoms with Crippen LogP contribution in [0.3, 0.4) is 0 Å². The average molecular weight is 353 g/mol. The molecular weight excluding hydrogens is 338 g/mol. The first-order valence-corrected chi connectivity index (χ1v) is 8.64. The molecule has 2 aromatic heterocycles. The number of hydrogen-bond acceptors (Lipinski definition) is 5. The lowest BCUT2D eigenvalue weighted by molar-refractivity contribution is 0.567. The number of aromatic amines is 1. The van der Waals surface area contributed by atoms with Gasteiger partial charge in [-0.25, -0.2) is 4.98 Å². The van der Waals surface area contributed by atoms with Gasteiger partial charge in [0.15, 0.2) is 23.2 Å². The summed E-state index contributed by atoms with van der Waals surface area (Å²) < 4.78 is 5.95. The van der Waals surface area contributed by atoms with Crippen LogP contribution in [0.4, 0.5) is 0 Å². The fourth-order valence-electron chi connectivity index (χ4n) is 2.99. The van der Waals surface area contributed by atoms with Crippen LogP contribution in [0.2, 0.25) is 0 Å². The van der Waals surface area contributed by atoms with Crippen LogP contribution < -0.4 is 0 Å². The maximum atomic E-state index is 5.95. The Kier molecular flexibility index (Phi) is 3.72. The fraction of sp³-hybridized carbons (Fsp3) is 0.0476. The molecule has 0 aliphatic carbocycles. The summed E-state index contributed by atoms with van der Waals surface area (Å²) >= 11 is 0. The number of nitrogens with one attached hydrogen (secondary N) is 1. The van der Waals surface area contributed by atoms with Gasteiger partial charge in [0.2, 0.25) is 0 Å². The molecule has 6 nitrogen and oxygen atoms in total. The van der Waals surface area contributed by atoms with Crippen LogP contribution in [0.1, 0.15) is 17.7 Å². The first-order chi connectivity index (χ1) is 13.4. The Bertz CT molecular complexity index is 1140. The molecule has 0 radical (unpaired) electrons. The molecular formula is C21H15N5O. The molecule has 3 heterocycles. The van der Waals surface area contributed by atoms with Gasteiger partial charge in [0, 0.05) is 12.0 Å². The van der Waals surface area contributed by atoms with E-state index in [1.807, 2.05) is 72.8 Å². The molecule has 1 aliphatic heterocycles. The second kappa shape index (κ2) is 6.49. The fourth-order valence-corrected chi connectivity index (χ4v) is 2.99. The highest BCUT2D eigenvalue weighted by Gasteiger charge is 2.20. The number of benzene rings is 2. The summed E-state index contributed by atoms with van der Waals surface area (Å²) in [5, 5.41) is 15.8. The molecule has 130 valence electrons. The highest BCUT2D eigenvalue weighted by molar-refractivity contribution is 6.19. The molecule has 0 spiro atoms. The summed E-state index contributed by atoms with van der Waals surface area (Å²) in [5.41, 5.74) is 3.77. The lowest BCUT2D eigenvalue weighted by atomic mass is 10.0. The maximum absolute atomic E-state index is 5.95. The van der Waals surface area contributed by atoms with Crippen molar-refractivity contribution in [2.45, 2.75) is 6.42 Å². The van der Waals surface area contributed by atoms with Gasteiger partial charge in [-0.1, -0.05) is 60.7 Å². The number of aromatic nitrogens is 3. The summed E-state index contributed by atoms with van der Waals surface area (Å²) in [6.07, 6.45) is 0.642. The first-order valence-electron chi connectivity index (χ1n) is 8.64. The van der Waals surface area contributed by atoms with Crippen LogP contribution in [0, 0.1) is 0 Å². The predicted molar refractivity (Wildman–Crippen MR) is 104 cm³/mol. The van der Waals surface area contributed by atoms with Crippen LogP contribution in [0.25, 0.3) is 23.0 Å². The summed E-state index contributed by atoms with van der Waals surface area (Å²) in [6.45, 7) is 0. The van der Waals surface area contributed by atoms with Gasteiger partial charge in [-0.05, 0) is 17.7 Å². The van der Waals surface area contributed by atoms with Crippen molar-refractivity contribution in [2.75, 3.05) is 0 Å². The SMILES string of the molecule is c1ccc(C2=NN=C(c3ccc(-c4nc(-c5ccccc5)n[nH]4)o3)C2)cc1. The third kappa shape index (κ3) is 2.97. The molecule has 0 fully saturated rings. The minimum atomic E-state index is 0.586. The molecule has 1 N–H and O–H groups in total. The number of furan rings is 1. The van der Waals surface area contributed by atoms with E-state index in [9.17, 15) is 0 Å². The minimum absolute atomic E-state index is 0.586. The first kappa shape index (κ1) is 15.5. The van der Waals surface area contributed by atoms with Crippen LogP contribution in [0.15, 0.2) is 87.4 Å². The lowest BCUT2D eigenvalue weighted by Gasteiger charge is -1.99. The van der Waals surface area contributed by atoms with Crippen molar-refractivity contribution in [1.29, 1.82) is 0 Å². The standard InChI is InChI=1S/C21H15N5O/c1-3-7-14(8-4-1)16-13-17(24-23-16)18-11-12-19(27-18)21-22-20(25-26-21)15-9-5-2-6-10-15/h1-12H,13H2,(H,22,25,26). The second-order valence-electron chi connectivity index (χ2n) is 6.17. The van der Waals surface area contributed by atoms with Crippen molar-refractivity contribution in [1.82, 2.24) is 15.2 Å². The Balaban J connectivity index is 1.35. The van der Waals surface area contributed by atoms with Gasteiger partial charge >= 0.3 is 0 Å². The van der Waals surface area contributed by atoms with Gasteiger partial charge in [-0.2, -0.15) is 15.3 Å². The van der Waals surface area contributed by atoms with E-state index in [1.165, 1.54) is 0 Å². The van der Waals surface area contributed by atoms with Crippen molar-refractivity contribution >= 4 is 11.4 Å². The van der Waals surface area contributed by atoms with Gasteiger partial charge < -0.3 is 4.42 Å². The van der Waals surface area contributed by atoms with E-state index in [0.717, 1.165) is 22.6 Å². The van der Waals surface area contributed by atoms with E-state index >= 15 is 0 Å². The van der Waals surface area contributed by atoms with Crippen molar-refractivity contribution < 1.29 is 4.42 Å². The van der Waals surface area contributed by atoms with Crippen molar-refractivity contribution in [3.8, 4) is 23.0 Å². The van der Waals surface area contributed by atoms with Gasteiger partial charge in [0.1, 0.15) is 5.71 Å². The number of hydrogen-bond donors (Lipinski definition) is 1. The number of nitrogens with zero attached hydrogens (tertiary/aromatic N) is 4. The zero-order valence-corrected chi connectivity index (χ0v) is 14.3. The zero-order chi connectivity index (χ0) is 18.1. The Labute approximate surface area is 155 Å². The molecule has 0 saturated carbocycles. The average Bonchev–Trinajstić information content (AvgIpc) is 3.49. The minimum Gasteiger partial charge on any atom is -0.451 e. The highest BCUT2D eigenvalue weighted by atomic mass is 16.3. The monoisotopic (exact) mass is 353 g/mol. The molecule has 0 saturated heterocycles. The zero-order valence-electron chi connectivity index (χ0n) is 14.3. The molecule has 2 aromatic carbocycles. The number of H-pyrrole nitrogens is 1. The highest BCUT2D eigenvalue weighted by Crippen LogP contribution is 2.24.